The molecule has 11 heteroatoms. The molecule has 9 nitrogen and oxygen atoms in total. The minimum absolute atomic E-state index is 0.125. The van der Waals surface area contributed by atoms with Gasteiger partial charge < -0.3 is 19.5 Å². The van der Waals surface area contributed by atoms with Crippen molar-refractivity contribution in [2.24, 2.45) is 0 Å². The molecule has 0 aliphatic heterocycles. The molecule has 0 spiro atoms. The average molecular weight is 436 g/mol. The van der Waals surface area contributed by atoms with Gasteiger partial charge in [0.1, 0.15) is 24.2 Å². The highest BCUT2D eigenvalue weighted by Crippen LogP contribution is 2.36. The maximum Gasteiger partial charge on any atom is 0.278 e. The number of benzene rings is 1. The smallest absolute Gasteiger partial charge is 0.278 e. The van der Waals surface area contributed by atoms with Gasteiger partial charge in [0, 0.05) is 11.6 Å². The number of hydrogen-bond acceptors (Lipinski definition) is 8. The van der Waals surface area contributed by atoms with Crippen molar-refractivity contribution in [2.75, 3.05) is 13.2 Å². The Bertz CT molecular complexity index is 1180. The maximum absolute atomic E-state index is 9.40. The Morgan fingerprint density at radius 1 is 1.21 bits per heavy atom. The molecular weight excluding hydrogens is 421 g/mol. The van der Waals surface area contributed by atoms with Gasteiger partial charge in [0.25, 0.3) is 5.89 Å². The first kappa shape index (κ1) is 19.6. The van der Waals surface area contributed by atoms with Gasteiger partial charge in [0.15, 0.2) is 5.65 Å². The van der Waals surface area contributed by atoms with Crippen LogP contribution >= 0.6 is 23.2 Å². The molecule has 0 bridgehead atoms. The Labute approximate surface area is 174 Å². The number of rotatable bonds is 6. The van der Waals surface area contributed by atoms with Crippen molar-refractivity contribution < 1.29 is 19.5 Å². The molecule has 0 amide bonds. The third-order valence-corrected chi connectivity index (χ3v) is 4.61. The summed E-state index contributed by atoms with van der Waals surface area (Å²) in [5.41, 5.74) is 2.42. The van der Waals surface area contributed by atoms with E-state index in [1.165, 1.54) is 12.1 Å². The highest BCUT2D eigenvalue weighted by Gasteiger charge is 2.18. The van der Waals surface area contributed by atoms with Crippen LogP contribution in [0.15, 0.2) is 35.0 Å². The molecule has 0 aliphatic carbocycles. The SMILES string of the molecule is Cc1ccc2nc(-c3nc(-c4cc(Cl)c(OC[C@@H](O)CO)cc4Cl)no3)cn2n1. The van der Waals surface area contributed by atoms with Crippen LogP contribution in [-0.2, 0) is 0 Å². The summed E-state index contributed by atoms with van der Waals surface area (Å²) in [6.45, 7) is 1.33. The largest absolute Gasteiger partial charge is 0.489 e. The van der Waals surface area contributed by atoms with Gasteiger partial charge in [-0.2, -0.15) is 10.1 Å². The van der Waals surface area contributed by atoms with Crippen molar-refractivity contribution in [1.82, 2.24) is 24.7 Å². The van der Waals surface area contributed by atoms with Crippen LogP contribution in [0, 0.1) is 6.92 Å². The van der Waals surface area contributed by atoms with Crippen LogP contribution in [0.2, 0.25) is 10.0 Å². The van der Waals surface area contributed by atoms with E-state index in [1.54, 1.807) is 10.7 Å². The lowest BCUT2D eigenvalue weighted by atomic mass is 10.2. The third kappa shape index (κ3) is 4.03. The number of imidazole rings is 1. The molecule has 0 aliphatic rings. The van der Waals surface area contributed by atoms with Gasteiger partial charge in [-0.15, -0.1) is 0 Å². The third-order valence-electron chi connectivity index (χ3n) is 4.00. The fourth-order valence-corrected chi connectivity index (χ4v) is 3.02. The average Bonchev–Trinajstić information content (AvgIpc) is 3.34. The van der Waals surface area contributed by atoms with Crippen molar-refractivity contribution in [2.45, 2.75) is 13.0 Å². The van der Waals surface area contributed by atoms with E-state index in [0.717, 1.165) is 5.69 Å². The van der Waals surface area contributed by atoms with Crippen molar-refractivity contribution in [3.63, 3.8) is 0 Å². The van der Waals surface area contributed by atoms with E-state index < -0.39 is 12.7 Å². The number of hydrogen-bond donors (Lipinski definition) is 2. The van der Waals surface area contributed by atoms with E-state index in [-0.39, 0.29) is 34.1 Å². The molecule has 4 rings (SSSR count). The molecule has 0 unspecified atom stereocenters. The highest BCUT2D eigenvalue weighted by molar-refractivity contribution is 6.36. The van der Waals surface area contributed by atoms with Crippen LogP contribution in [-0.4, -0.2) is 54.3 Å². The summed E-state index contributed by atoms with van der Waals surface area (Å²) in [7, 11) is 0. The minimum Gasteiger partial charge on any atom is -0.489 e. The molecule has 0 saturated carbocycles. The zero-order chi connectivity index (χ0) is 20.5. The lowest BCUT2D eigenvalue weighted by Crippen LogP contribution is -2.21. The predicted molar refractivity (Wildman–Crippen MR) is 105 cm³/mol. The Balaban J connectivity index is 1.62. The predicted octanol–water partition coefficient (Wildman–Crippen LogP) is 2.79. The fourth-order valence-electron chi connectivity index (χ4n) is 2.57. The Kier molecular flexibility index (Phi) is 5.37. The van der Waals surface area contributed by atoms with Crippen LogP contribution in [0.4, 0.5) is 0 Å². The summed E-state index contributed by atoms with van der Waals surface area (Å²) < 4.78 is 12.3. The van der Waals surface area contributed by atoms with Crippen molar-refractivity contribution in [3.8, 4) is 28.7 Å². The standard InChI is InChI=1S/C18H15Cl2N5O4/c1-9-2-3-16-21-14(6-25(16)23-9)18-22-17(24-29-18)11-4-13(20)15(5-12(11)19)28-8-10(27)7-26/h2-6,10,26-27H,7-8H2,1H3/t10-/m0/s1. The molecule has 0 fully saturated rings. The number of aliphatic hydroxyl groups excluding tert-OH is 2. The molecule has 3 aromatic heterocycles. The first-order valence-electron chi connectivity index (χ1n) is 8.53. The number of halogens is 2. The topological polar surface area (TPSA) is 119 Å². The van der Waals surface area contributed by atoms with E-state index in [2.05, 4.69) is 20.2 Å². The van der Waals surface area contributed by atoms with Gasteiger partial charge in [-0.25, -0.2) is 9.50 Å². The Morgan fingerprint density at radius 2 is 2.03 bits per heavy atom. The summed E-state index contributed by atoms with van der Waals surface area (Å²) in [6.07, 6.45) is 0.672. The van der Waals surface area contributed by atoms with Gasteiger partial charge in [0.05, 0.1) is 28.5 Å². The minimum atomic E-state index is -1.02. The lowest BCUT2D eigenvalue weighted by molar-refractivity contribution is 0.0536. The number of aryl methyl sites for hydroxylation is 1. The van der Waals surface area contributed by atoms with Crippen LogP contribution in [0.1, 0.15) is 5.69 Å². The fraction of sp³-hybridized carbons (Fsp3) is 0.222. The summed E-state index contributed by atoms with van der Waals surface area (Å²) >= 11 is 12.6. The van der Waals surface area contributed by atoms with Crippen molar-refractivity contribution >= 4 is 28.8 Å². The lowest BCUT2D eigenvalue weighted by Gasteiger charge is -2.12. The highest BCUT2D eigenvalue weighted by atomic mass is 35.5. The van der Waals surface area contributed by atoms with Gasteiger partial charge in [0.2, 0.25) is 5.82 Å². The normalized spacial score (nSPS) is 12.4. The molecule has 0 saturated heterocycles. The quantitative estimate of drug-likeness (QED) is 0.474. The zero-order valence-corrected chi connectivity index (χ0v) is 16.6. The molecule has 0 radical (unpaired) electrons. The van der Waals surface area contributed by atoms with Crippen LogP contribution in [0.5, 0.6) is 5.75 Å². The van der Waals surface area contributed by atoms with Crippen molar-refractivity contribution in [1.29, 1.82) is 0 Å². The van der Waals surface area contributed by atoms with E-state index in [9.17, 15) is 5.11 Å². The second-order valence-corrected chi connectivity index (χ2v) is 7.05. The summed E-state index contributed by atoms with van der Waals surface area (Å²) in [5, 5.41) is 27.1. The summed E-state index contributed by atoms with van der Waals surface area (Å²) in [6, 6.07) is 6.72. The number of ether oxygens (including phenoxy) is 1. The molecule has 4 aromatic rings. The van der Waals surface area contributed by atoms with Gasteiger partial charge >= 0.3 is 0 Å². The first-order chi connectivity index (χ1) is 13.9. The Morgan fingerprint density at radius 3 is 2.83 bits per heavy atom. The van der Waals surface area contributed by atoms with Crippen LogP contribution in [0.25, 0.3) is 28.6 Å². The van der Waals surface area contributed by atoms with E-state index in [4.69, 9.17) is 37.6 Å². The summed E-state index contributed by atoms with van der Waals surface area (Å²) in [4.78, 5) is 8.76. The number of fused-ring (bicyclic) bond motifs is 1. The molecular formula is C18H15Cl2N5O4. The van der Waals surface area contributed by atoms with Crippen LogP contribution < -0.4 is 4.74 Å². The molecule has 29 heavy (non-hydrogen) atoms. The second-order valence-electron chi connectivity index (χ2n) is 6.24. The Hall–Kier alpha value is -2.72. The second kappa shape index (κ2) is 7.96. The van der Waals surface area contributed by atoms with Crippen LogP contribution in [0.3, 0.4) is 0 Å². The molecule has 1 aromatic carbocycles. The number of nitrogens with zero attached hydrogens (tertiary/aromatic N) is 5. The molecule has 150 valence electrons. The molecule has 3 heterocycles. The number of aromatic nitrogens is 5. The van der Waals surface area contributed by atoms with Gasteiger partial charge in [-0.05, 0) is 25.1 Å². The zero-order valence-electron chi connectivity index (χ0n) is 15.1. The van der Waals surface area contributed by atoms with E-state index in [1.807, 2.05) is 19.1 Å². The van der Waals surface area contributed by atoms with E-state index in [0.29, 0.717) is 16.9 Å². The monoisotopic (exact) mass is 435 g/mol. The first-order valence-corrected chi connectivity index (χ1v) is 9.28. The molecule has 1 atom stereocenters. The van der Waals surface area contributed by atoms with Crippen molar-refractivity contribution in [3.05, 3.63) is 46.2 Å². The number of aliphatic hydroxyl groups is 2. The molecule has 2 N–H and O–H groups in total. The van der Waals surface area contributed by atoms with Gasteiger partial charge in [-0.1, -0.05) is 28.4 Å². The van der Waals surface area contributed by atoms with Gasteiger partial charge in [-0.3, -0.25) is 0 Å². The summed E-state index contributed by atoms with van der Waals surface area (Å²) in [5.74, 6) is 0.704. The maximum atomic E-state index is 9.40. The van der Waals surface area contributed by atoms with E-state index >= 15 is 0 Å².